The Morgan fingerprint density at radius 1 is 1.25 bits per heavy atom. The van der Waals surface area contributed by atoms with E-state index >= 15 is 0 Å². The molecule has 0 aliphatic heterocycles. The van der Waals surface area contributed by atoms with Gasteiger partial charge in [-0.1, -0.05) is 24.3 Å². The number of methoxy groups -OCH3 is 1. The third kappa shape index (κ3) is 5.39. The molecule has 0 aliphatic rings. The van der Waals surface area contributed by atoms with Crippen molar-refractivity contribution in [2.45, 2.75) is 45.8 Å². The minimum absolute atomic E-state index is 0.165. The monoisotopic (exact) mass is 387 g/mol. The van der Waals surface area contributed by atoms with Crippen molar-refractivity contribution < 1.29 is 23.8 Å². The van der Waals surface area contributed by atoms with Crippen LogP contribution in [0.25, 0.3) is 17.2 Å². The van der Waals surface area contributed by atoms with Crippen LogP contribution in [0.15, 0.2) is 36.5 Å². The van der Waals surface area contributed by atoms with E-state index in [1.54, 1.807) is 18.2 Å². The van der Waals surface area contributed by atoms with Crippen molar-refractivity contribution in [3.05, 3.63) is 53.6 Å². The second-order valence-electron chi connectivity index (χ2n) is 6.97. The van der Waals surface area contributed by atoms with Gasteiger partial charge in [-0.05, 0) is 38.5 Å². The molecule has 1 unspecified atom stereocenters. The minimum Gasteiger partial charge on any atom is -0.469 e. The molecular formula is C22H26FNO4. The highest BCUT2D eigenvalue weighted by Crippen LogP contribution is 2.31. The van der Waals surface area contributed by atoms with E-state index in [4.69, 9.17) is 0 Å². The number of aliphatic hydroxyl groups is 1. The van der Waals surface area contributed by atoms with Crippen LogP contribution in [0.3, 0.4) is 0 Å². The van der Waals surface area contributed by atoms with Gasteiger partial charge in [0.2, 0.25) is 0 Å². The average molecular weight is 387 g/mol. The van der Waals surface area contributed by atoms with E-state index in [9.17, 15) is 19.1 Å². The molecule has 0 saturated carbocycles. The van der Waals surface area contributed by atoms with Crippen LogP contribution < -0.4 is 0 Å². The number of hydrogen-bond donors (Lipinski definition) is 1. The molecule has 1 N–H and O–H groups in total. The van der Waals surface area contributed by atoms with E-state index in [2.05, 4.69) is 23.2 Å². The fourth-order valence-corrected chi connectivity index (χ4v) is 3.06. The highest BCUT2D eigenvalue weighted by Gasteiger charge is 2.16. The highest BCUT2D eigenvalue weighted by molar-refractivity contribution is 5.95. The zero-order chi connectivity index (χ0) is 20.8. The number of aliphatic hydroxyl groups excluding tert-OH is 1. The number of Topliss-reactive ketones (excluding diaryl/α,β-unsaturated/α-hetero) is 1. The average Bonchev–Trinajstić information content (AvgIpc) is 2.97. The van der Waals surface area contributed by atoms with Crippen LogP contribution in [0.4, 0.5) is 4.39 Å². The standard InChI is InChI=1S/C22H26FNO4/c1-14(2)24-13-21(16-5-7-17(23)8-6-16)20(15(24)3)10-9-18(25)11-19(26)12-22(27)28-4/h5-10,13-14,18,25H,11-12H2,1-4H3/b10-9+. The number of ether oxygens (including phenoxy) is 1. The van der Waals surface area contributed by atoms with E-state index in [0.717, 1.165) is 22.4 Å². The molecule has 1 atom stereocenters. The molecule has 0 amide bonds. The van der Waals surface area contributed by atoms with Crippen LogP contribution in [0.2, 0.25) is 0 Å². The van der Waals surface area contributed by atoms with Gasteiger partial charge in [-0.15, -0.1) is 0 Å². The lowest BCUT2D eigenvalue weighted by atomic mass is 10.0. The largest absolute Gasteiger partial charge is 0.469 e. The summed E-state index contributed by atoms with van der Waals surface area (Å²) in [5.41, 5.74) is 3.66. The summed E-state index contributed by atoms with van der Waals surface area (Å²) in [6, 6.07) is 6.47. The number of rotatable bonds is 8. The summed E-state index contributed by atoms with van der Waals surface area (Å²) in [6.45, 7) is 6.10. The van der Waals surface area contributed by atoms with Gasteiger partial charge < -0.3 is 14.4 Å². The number of halogens is 1. The van der Waals surface area contributed by atoms with Crippen molar-refractivity contribution >= 4 is 17.8 Å². The fourth-order valence-electron chi connectivity index (χ4n) is 3.06. The van der Waals surface area contributed by atoms with Crippen LogP contribution >= 0.6 is 0 Å². The number of benzene rings is 1. The zero-order valence-electron chi connectivity index (χ0n) is 16.6. The second kappa shape index (κ2) is 9.46. The van der Waals surface area contributed by atoms with Gasteiger partial charge in [-0.25, -0.2) is 4.39 Å². The lowest BCUT2D eigenvalue weighted by Crippen LogP contribution is -2.15. The number of carbonyl (C=O) groups is 2. The molecule has 1 heterocycles. The van der Waals surface area contributed by atoms with E-state index in [-0.39, 0.29) is 30.5 Å². The topological polar surface area (TPSA) is 68.5 Å². The van der Waals surface area contributed by atoms with Crippen molar-refractivity contribution in [2.75, 3.05) is 7.11 Å². The van der Waals surface area contributed by atoms with Gasteiger partial charge in [-0.2, -0.15) is 0 Å². The molecule has 0 bridgehead atoms. The molecule has 0 fully saturated rings. The van der Waals surface area contributed by atoms with E-state index in [1.807, 2.05) is 13.1 Å². The van der Waals surface area contributed by atoms with E-state index in [1.165, 1.54) is 25.3 Å². The summed E-state index contributed by atoms with van der Waals surface area (Å²) in [6.07, 6.45) is 3.77. The summed E-state index contributed by atoms with van der Waals surface area (Å²) in [4.78, 5) is 22.9. The molecule has 2 rings (SSSR count). The number of carbonyl (C=O) groups excluding carboxylic acids is 2. The first-order chi connectivity index (χ1) is 13.2. The maximum Gasteiger partial charge on any atom is 0.313 e. The predicted octanol–water partition coefficient (Wildman–Crippen LogP) is 4.08. The first-order valence-electron chi connectivity index (χ1n) is 9.15. The Hall–Kier alpha value is -2.73. The zero-order valence-corrected chi connectivity index (χ0v) is 16.6. The molecule has 28 heavy (non-hydrogen) atoms. The Labute approximate surface area is 164 Å². The smallest absolute Gasteiger partial charge is 0.313 e. The molecule has 0 spiro atoms. The van der Waals surface area contributed by atoms with E-state index in [0.29, 0.717) is 0 Å². The molecule has 0 aliphatic carbocycles. The van der Waals surface area contributed by atoms with Gasteiger partial charge in [0.05, 0.1) is 13.2 Å². The summed E-state index contributed by atoms with van der Waals surface area (Å²) >= 11 is 0. The molecule has 6 heteroatoms. The molecule has 1 aromatic carbocycles. The second-order valence-corrected chi connectivity index (χ2v) is 6.97. The number of aromatic nitrogens is 1. The lowest BCUT2D eigenvalue weighted by Gasteiger charge is -2.10. The normalized spacial score (nSPS) is 12.5. The van der Waals surface area contributed by atoms with Gasteiger partial charge in [0.25, 0.3) is 0 Å². The van der Waals surface area contributed by atoms with Gasteiger partial charge in [-0.3, -0.25) is 9.59 Å². The van der Waals surface area contributed by atoms with Crippen molar-refractivity contribution in [3.63, 3.8) is 0 Å². The number of hydrogen-bond acceptors (Lipinski definition) is 4. The van der Waals surface area contributed by atoms with Crippen LogP contribution in [-0.2, 0) is 14.3 Å². The summed E-state index contributed by atoms with van der Waals surface area (Å²) in [5.74, 6) is -1.32. The summed E-state index contributed by atoms with van der Waals surface area (Å²) in [7, 11) is 1.21. The minimum atomic E-state index is -1.01. The highest BCUT2D eigenvalue weighted by atomic mass is 19.1. The number of esters is 1. The first-order valence-corrected chi connectivity index (χ1v) is 9.15. The van der Waals surface area contributed by atoms with Gasteiger partial charge in [0.1, 0.15) is 18.0 Å². The molecule has 150 valence electrons. The molecule has 2 aromatic rings. The van der Waals surface area contributed by atoms with Crippen LogP contribution in [0.5, 0.6) is 0 Å². The number of nitrogens with zero attached hydrogens (tertiary/aromatic N) is 1. The van der Waals surface area contributed by atoms with Crippen LogP contribution in [0, 0.1) is 12.7 Å². The maximum absolute atomic E-state index is 13.3. The SMILES string of the molecule is COC(=O)CC(=O)CC(O)/C=C/c1c(-c2ccc(F)cc2)cn(C(C)C)c1C. The molecule has 0 radical (unpaired) electrons. The fraction of sp³-hybridized carbons (Fsp3) is 0.364. The van der Waals surface area contributed by atoms with Crippen molar-refractivity contribution in [3.8, 4) is 11.1 Å². The molecule has 5 nitrogen and oxygen atoms in total. The lowest BCUT2D eigenvalue weighted by molar-refractivity contribution is -0.143. The Balaban J connectivity index is 2.28. The first kappa shape index (κ1) is 21.6. The Morgan fingerprint density at radius 2 is 1.89 bits per heavy atom. The van der Waals surface area contributed by atoms with Crippen LogP contribution in [0.1, 0.15) is 44.0 Å². The van der Waals surface area contributed by atoms with Crippen molar-refractivity contribution in [2.24, 2.45) is 0 Å². The molecular weight excluding hydrogens is 361 g/mol. The van der Waals surface area contributed by atoms with Gasteiger partial charge in [0, 0.05) is 35.5 Å². The molecule has 1 aromatic heterocycles. The van der Waals surface area contributed by atoms with Gasteiger partial charge in [0.15, 0.2) is 0 Å². The quantitative estimate of drug-likeness (QED) is 0.547. The Morgan fingerprint density at radius 3 is 2.46 bits per heavy atom. The molecule has 0 saturated heterocycles. The Kier molecular flexibility index (Phi) is 7.29. The van der Waals surface area contributed by atoms with Crippen molar-refractivity contribution in [1.29, 1.82) is 0 Å². The third-order valence-corrected chi connectivity index (χ3v) is 4.54. The maximum atomic E-state index is 13.3. The number of ketones is 1. The van der Waals surface area contributed by atoms with Crippen LogP contribution in [-0.4, -0.2) is 34.6 Å². The predicted molar refractivity (Wildman–Crippen MR) is 106 cm³/mol. The third-order valence-electron chi connectivity index (χ3n) is 4.54. The van der Waals surface area contributed by atoms with E-state index < -0.39 is 12.1 Å². The summed E-state index contributed by atoms with van der Waals surface area (Å²) < 4.78 is 19.9. The summed E-state index contributed by atoms with van der Waals surface area (Å²) in [5, 5.41) is 10.2. The van der Waals surface area contributed by atoms with Crippen molar-refractivity contribution in [1.82, 2.24) is 4.57 Å². The Bertz CT molecular complexity index is 865. The van der Waals surface area contributed by atoms with Gasteiger partial charge >= 0.3 is 5.97 Å².